The third-order valence-corrected chi connectivity index (χ3v) is 6.31. The Hall–Kier alpha value is -3.51. The number of thioether (sulfide) groups is 1. The van der Waals surface area contributed by atoms with Gasteiger partial charge in [-0.2, -0.15) is 0 Å². The van der Waals surface area contributed by atoms with E-state index in [2.05, 4.69) is 0 Å². The normalized spacial score (nSPS) is 16.3. The van der Waals surface area contributed by atoms with E-state index >= 15 is 0 Å². The molecule has 1 fully saturated rings. The fraction of sp³-hybridized carbons (Fsp3) is 0.0833. The fourth-order valence-corrected chi connectivity index (χ4v) is 4.80. The zero-order valence-corrected chi connectivity index (χ0v) is 16.6. The molecular weight excluding hydrogens is 398 g/mol. The van der Waals surface area contributed by atoms with Crippen molar-refractivity contribution in [1.29, 1.82) is 0 Å². The van der Waals surface area contributed by atoms with Crippen LogP contribution in [-0.4, -0.2) is 16.8 Å². The Labute approximate surface area is 176 Å². The average molecular weight is 415 g/mol. The monoisotopic (exact) mass is 415 g/mol. The van der Waals surface area contributed by atoms with Crippen molar-refractivity contribution in [1.82, 2.24) is 0 Å². The SMILES string of the molecule is O=C1CSC(c2ccc(O)cc2)N1c1ccc2oc(-c3ccccc3)cc(=O)c2c1. The third kappa shape index (κ3) is 3.25. The number of fused-ring (bicyclic) bond motifs is 1. The number of hydrogen-bond donors (Lipinski definition) is 1. The van der Waals surface area contributed by atoms with E-state index in [1.165, 1.54) is 17.8 Å². The van der Waals surface area contributed by atoms with Crippen molar-refractivity contribution < 1.29 is 14.3 Å². The fourth-order valence-electron chi connectivity index (χ4n) is 3.63. The Morgan fingerprint density at radius 2 is 1.70 bits per heavy atom. The molecule has 0 saturated carbocycles. The summed E-state index contributed by atoms with van der Waals surface area (Å²) in [7, 11) is 0. The van der Waals surface area contributed by atoms with Gasteiger partial charge in [-0.1, -0.05) is 42.5 Å². The number of amides is 1. The molecule has 1 atom stereocenters. The van der Waals surface area contributed by atoms with E-state index in [-0.39, 0.29) is 22.5 Å². The number of aromatic hydroxyl groups is 1. The number of nitrogens with zero attached hydrogens (tertiary/aromatic N) is 1. The second-order valence-electron chi connectivity index (χ2n) is 7.04. The number of benzene rings is 3. The van der Waals surface area contributed by atoms with Gasteiger partial charge in [0.25, 0.3) is 0 Å². The first-order valence-corrected chi connectivity index (χ1v) is 10.5. The van der Waals surface area contributed by atoms with E-state index in [9.17, 15) is 14.7 Å². The molecule has 1 N–H and O–H groups in total. The molecule has 1 unspecified atom stereocenters. The molecular formula is C24H17NO4S. The van der Waals surface area contributed by atoms with Gasteiger partial charge in [-0.3, -0.25) is 14.5 Å². The smallest absolute Gasteiger partial charge is 0.238 e. The lowest BCUT2D eigenvalue weighted by atomic mass is 10.1. The number of anilines is 1. The summed E-state index contributed by atoms with van der Waals surface area (Å²) < 4.78 is 5.96. The summed E-state index contributed by atoms with van der Waals surface area (Å²) in [6.45, 7) is 0. The largest absolute Gasteiger partial charge is 0.508 e. The lowest BCUT2D eigenvalue weighted by molar-refractivity contribution is -0.115. The molecule has 1 amide bonds. The van der Waals surface area contributed by atoms with Crippen molar-refractivity contribution >= 4 is 34.3 Å². The van der Waals surface area contributed by atoms with Gasteiger partial charge in [-0.25, -0.2) is 0 Å². The highest BCUT2D eigenvalue weighted by Crippen LogP contribution is 2.42. The van der Waals surface area contributed by atoms with Crippen LogP contribution in [0.5, 0.6) is 5.75 Å². The predicted molar refractivity (Wildman–Crippen MR) is 119 cm³/mol. The number of hydrogen-bond acceptors (Lipinski definition) is 5. The van der Waals surface area contributed by atoms with Gasteiger partial charge in [0.15, 0.2) is 5.43 Å². The Balaban J connectivity index is 1.57. The minimum atomic E-state index is -0.216. The maximum absolute atomic E-state index is 12.8. The molecule has 0 bridgehead atoms. The highest BCUT2D eigenvalue weighted by atomic mass is 32.2. The summed E-state index contributed by atoms with van der Waals surface area (Å²) in [5, 5.41) is 9.77. The first-order valence-electron chi connectivity index (χ1n) is 9.46. The molecule has 1 aliphatic heterocycles. The Kier molecular flexibility index (Phi) is 4.56. The van der Waals surface area contributed by atoms with Crippen LogP contribution in [-0.2, 0) is 4.79 Å². The van der Waals surface area contributed by atoms with Gasteiger partial charge >= 0.3 is 0 Å². The maximum atomic E-state index is 12.8. The summed E-state index contributed by atoms with van der Waals surface area (Å²) in [5.41, 5.74) is 2.72. The molecule has 5 rings (SSSR count). The zero-order chi connectivity index (χ0) is 20.7. The van der Waals surface area contributed by atoms with Crippen LogP contribution >= 0.6 is 11.8 Å². The number of phenols is 1. The van der Waals surface area contributed by atoms with Crippen LogP contribution < -0.4 is 10.3 Å². The molecule has 1 aromatic heterocycles. The second kappa shape index (κ2) is 7.39. The molecule has 148 valence electrons. The molecule has 4 aromatic rings. The molecule has 2 heterocycles. The molecule has 0 aliphatic carbocycles. The van der Waals surface area contributed by atoms with Crippen LogP contribution in [0.2, 0.25) is 0 Å². The van der Waals surface area contributed by atoms with Crippen LogP contribution in [0.3, 0.4) is 0 Å². The molecule has 3 aromatic carbocycles. The summed E-state index contributed by atoms with van der Waals surface area (Å²) in [4.78, 5) is 27.1. The maximum Gasteiger partial charge on any atom is 0.238 e. The average Bonchev–Trinajstić information content (AvgIpc) is 3.16. The molecule has 0 spiro atoms. The van der Waals surface area contributed by atoms with Crippen LogP contribution in [0.25, 0.3) is 22.3 Å². The Morgan fingerprint density at radius 3 is 2.47 bits per heavy atom. The first kappa shape index (κ1) is 18.5. The van der Waals surface area contributed by atoms with E-state index in [0.29, 0.717) is 28.2 Å². The van der Waals surface area contributed by atoms with Gasteiger partial charge in [-0.15, -0.1) is 11.8 Å². The van der Waals surface area contributed by atoms with Crippen LogP contribution in [0, 0.1) is 0 Å². The van der Waals surface area contributed by atoms with Crippen LogP contribution in [0.4, 0.5) is 5.69 Å². The van der Waals surface area contributed by atoms with Gasteiger partial charge in [0, 0.05) is 17.3 Å². The van der Waals surface area contributed by atoms with Crippen molar-refractivity contribution in [3.05, 3.63) is 94.6 Å². The van der Waals surface area contributed by atoms with Crippen LogP contribution in [0.15, 0.2) is 88.1 Å². The number of phenolic OH excluding ortho intramolecular Hbond substituents is 1. The summed E-state index contributed by atoms with van der Waals surface area (Å²) in [5.74, 6) is 1.01. The molecule has 30 heavy (non-hydrogen) atoms. The highest BCUT2D eigenvalue weighted by molar-refractivity contribution is 8.00. The summed E-state index contributed by atoms with van der Waals surface area (Å²) >= 11 is 1.51. The van der Waals surface area contributed by atoms with Crippen molar-refractivity contribution in [2.45, 2.75) is 5.37 Å². The topological polar surface area (TPSA) is 70.8 Å². The van der Waals surface area contributed by atoms with Gasteiger partial charge in [0.05, 0.1) is 11.1 Å². The van der Waals surface area contributed by atoms with E-state index in [0.717, 1.165) is 11.1 Å². The van der Waals surface area contributed by atoms with E-state index in [1.54, 1.807) is 47.4 Å². The number of carbonyl (C=O) groups is 1. The van der Waals surface area contributed by atoms with Crippen molar-refractivity contribution in [2.24, 2.45) is 0 Å². The standard InChI is InChI=1S/C24H17NO4S/c26-18-9-6-16(7-10-18)24-25(23(28)14-30-24)17-8-11-21-19(12-17)20(27)13-22(29-21)15-4-2-1-3-5-15/h1-13,24,26H,14H2. The summed E-state index contributed by atoms with van der Waals surface area (Å²) in [6.07, 6.45) is 0. The minimum Gasteiger partial charge on any atom is -0.508 e. The van der Waals surface area contributed by atoms with Gasteiger partial charge in [0.2, 0.25) is 5.91 Å². The Morgan fingerprint density at radius 1 is 0.933 bits per heavy atom. The van der Waals surface area contributed by atoms with Crippen LogP contribution in [0.1, 0.15) is 10.9 Å². The molecule has 0 radical (unpaired) electrons. The molecule has 6 heteroatoms. The molecule has 1 aliphatic rings. The number of rotatable bonds is 3. The lowest BCUT2D eigenvalue weighted by Gasteiger charge is -2.24. The van der Waals surface area contributed by atoms with Gasteiger partial charge in [-0.05, 0) is 35.9 Å². The zero-order valence-electron chi connectivity index (χ0n) is 15.8. The quantitative estimate of drug-likeness (QED) is 0.513. The van der Waals surface area contributed by atoms with Crippen molar-refractivity contribution in [3.8, 4) is 17.1 Å². The van der Waals surface area contributed by atoms with E-state index in [4.69, 9.17) is 4.42 Å². The molecule has 5 nitrogen and oxygen atoms in total. The highest BCUT2D eigenvalue weighted by Gasteiger charge is 2.34. The van der Waals surface area contributed by atoms with Gasteiger partial charge < -0.3 is 9.52 Å². The lowest BCUT2D eigenvalue weighted by Crippen LogP contribution is -2.27. The minimum absolute atomic E-state index is 0.0253. The summed E-state index contributed by atoms with van der Waals surface area (Å²) in [6, 6.07) is 23.0. The van der Waals surface area contributed by atoms with E-state index in [1.807, 2.05) is 30.3 Å². The van der Waals surface area contributed by atoms with E-state index < -0.39 is 0 Å². The molecule has 1 saturated heterocycles. The predicted octanol–water partition coefficient (Wildman–Crippen LogP) is 4.94. The first-order chi connectivity index (χ1) is 14.6. The van der Waals surface area contributed by atoms with Gasteiger partial charge in [0.1, 0.15) is 22.5 Å². The second-order valence-corrected chi connectivity index (χ2v) is 8.11. The number of carbonyl (C=O) groups excluding carboxylic acids is 1. The van der Waals surface area contributed by atoms with Crippen molar-refractivity contribution in [2.75, 3.05) is 10.7 Å². The van der Waals surface area contributed by atoms with Crippen molar-refractivity contribution in [3.63, 3.8) is 0 Å². The Bertz CT molecular complexity index is 1300. The third-order valence-electron chi connectivity index (χ3n) is 5.09.